The summed E-state index contributed by atoms with van der Waals surface area (Å²) in [7, 11) is 0. The zero-order valence-corrected chi connectivity index (χ0v) is 17.2. The first-order chi connectivity index (χ1) is 12.6. The number of carbonyl (C=O) groups is 2. The number of amides is 1. The summed E-state index contributed by atoms with van der Waals surface area (Å²) >= 11 is 7.06. The Hall–Kier alpha value is -1.72. The predicted molar refractivity (Wildman–Crippen MR) is 109 cm³/mol. The maximum atomic E-state index is 13.1. The van der Waals surface area contributed by atoms with E-state index in [1.165, 1.54) is 0 Å². The molecule has 1 amide bonds. The second-order valence-electron chi connectivity index (χ2n) is 6.63. The van der Waals surface area contributed by atoms with E-state index in [0.717, 1.165) is 44.3 Å². The molecule has 3 nitrogen and oxygen atoms in total. The minimum absolute atomic E-state index is 0.0373. The predicted octanol–water partition coefficient (Wildman–Crippen LogP) is 5.74. The molecule has 2 aromatic rings. The van der Waals surface area contributed by atoms with E-state index < -0.39 is 0 Å². The standard InChI is InChI=1S/C21H17Br2NO2/c22-14-6-3-5-13(11-14)15-12-20(26)24(17-8-2-1-7-16(17)23)18-9-4-10-19(25)21(15)18/h1-3,5-8,11,15H,4,9-10,12H2. The van der Waals surface area contributed by atoms with Gasteiger partial charge in [0.15, 0.2) is 5.78 Å². The number of halogens is 2. The maximum absolute atomic E-state index is 13.1. The van der Waals surface area contributed by atoms with Crippen LogP contribution in [0.25, 0.3) is 0 Å². The number of rotatable bonds is 2. The lowest BCUT2D eigenvalue weighted by Gasteiger charge is -2.38. The summed E-state index contributed by atoms with van der Waals surface area (Å²) in [5.74, 6) is 0.0395. The lowest BCUT2D eigenvalue weighted by molar-refractivity contribution is -0.119. The van der Waals surface area contributed by atoms with E-state index in [1.807, 2.05) is 48.5 Å². The van der Waals surface area contributed by atoms with E-state index in [-0.39, 0.29) is 17.6 Å². The van der Waals surface area contributed by atoms with Crippen molar-refractivity contribution in [3.05, 3.63) is 74.3 Å². The molecule has 0 radical (unpaired) electrons. The summed E-state index contributed by atoms with van der Waals surface area (Å²) in [5.41, 5.74) is 3.51. The lowest BCUT2D eigenvalue weighted by atomic mass is 9.77. The molecular formula is C21H17Br2NO2. The molecule has 1 aliphatic carbocycles. The van der Waals surface area contributed by atoms with Gasteiger partial charge < -0.3 is 0 Å². The van der Waals surface area contributed by atoms with Crippen molar-refractivity contribution in [2.24, 2.45) is 0 Å². The average molecular weight is 475 g/mol. The molecule has 2 aliphatic rings. The van der Waals surface area contributed by atoms with Gasteiger partial charge in [-0.25, -0.2) is 0 Å². The summed E-state index contributed by atoms with van der Waals surface area (Å²) in [6, 6.07) is 15.6. The molecule has 1 unspecified atom stereocenters. The van der Waals surface area contributed by atoms with E-state index in [2.05, 4.69) is 31.9 Å². The fourth-order valence-corrected chi connectivity index (χ4v) is 4.79. The molecule has 0 spiro atoms. The fourth-order valence-electron chi connectivity index (χ4n) is 3.91. The van der Waals surface area contributed by atoms with Crippen molar-refractivity contribution in [1.29, 1.82) is 0 Å². The summed E-state index contributed by atoms with van der Waals surface area (Å²) in [4.78, 5) is 27.7. The number of Topliss-reactive ketones (excluding diaryl/α,β-unsaturated/α-hetero) is 1. The van der Waals surface area contributed by atoms with Crippen LogP contribution in [0.1, 0.15) is 37.2 Å². The minimum atomic E-state index is -0.165. The first kappa shape index (κ1) is 17.7. The average Bonchev–Trinajstić information content (AvgIpc) is 2.62. The van der Waals surface area contributed by atoms with Crippen molar-refractivity contribution in [2.75, 3.05) is 4.90 Å². The number of benzene rings is 2. The highest BCUT2D eigenvalue weighted by Gasteiger charge is 2.40. The molecule has 0 aromatic heterocycles. The van der Waals surface area contributed by atoms with Crippen LogP contribution < -0.4 is 4.90 Å². The van der Waals surface area contributed by atoms with Crippen LogP contribution in [-0.2, 0) is 9.59 Å². The van der Waals surface area contributed by atoms with Gasteiger partial charge in [0.05, 0.1) is 5.69 Å². The van der Waals surface area contributed by atoms with E-state index in [1.54, 1.807) is 4.90 Å². The zero-order valence-electron chi connectivity index (χ0n) is 14.0. The van der Waals surface area contributed by atoms with Gasteiger partial charge in [-0.05, 0) is 58.6 Å². The monoisotopic (exact) mass is 473 g/mol. The molecular weight excluding hydrogens is 458 g/mol. The highest BCUT2D eigenvalue weighted by Crippen LogP contribution is 2.44. The number of ketones is 1. The third-order valence-electron chi connectivity index (χ3n) is 5.02. The molecule has 0 N–H and O–H groups in total. The molecule has 4 rings (SSSR count). The quantitative estimate of drug-likeness (QED) is 0.556. The molecule has 1 atom stereocenters. The highest BCUT2D eigenvalue weighted by atomic mass is 79.9. The Labute approximate surface area is 169 Å². The summed E-state index contributed by atoms with van der Waals surface area (Å²) in [5, 5.41) is 0. The van der Waals surface area contributed by atoms with Crippen molar-refractivity contribution in [3.63, 3.8) is 0 Å². The third-order valence-corrected chi connectivity index (χ3v) is 6.18. The number of hydrogen-bond donors (Lipinski definition) is 0. The van der Waals surface area contributed by atoms with Gasteiger partial charge in [-0.3, -0.25) is 14.5 Å². The minimum Gasteiger partial charge on any atom is -0.294 e. The number of allylic oxidation sites excluding steroid dienone is 2. The van der Waals surface area contributed by atoms with Crippen LogP contribution in [-0.4, -0.2) is 11.7 Å². The van der Waals surface area contributed by atoms with Crippen LogP contribution in [0, 0.1) is 0 Å². The fraction of sp³-hybridized carbons (Fsp3) is 0.238. The Balaban J connectivity index is 1.89. The van der Waals surface area contributed by atoms with E-state index in [0.29, 0.717) is 12.8 Å². The molecule has 0 fully saturated rings. The maximum Gasteiger partial charge on any atom is 0.232 e. The molecule has 132 valence electrons. The Kier molecular flexibility index (Phi) is 4.84. The molecule has 1 aliphatic heterocycles. The van der Waals surface area contributed by atoms with Gasteiger partial charge in [-0.1, -0.05) is 40.2 Å². The molecule has 26 heavy (non-hydrogen) atoms. The smallest absolute Gasteiger partial charge is 0.232 e. The van der Waals surface area contributed by atoms with E-state index in [9.17, 15) is 9.59 Å². The molecule has 0 bridgehead atoms. The van der Waals surface area contributed by atoms with Crippen LogP contribution in [0.2, 0.25) is 0 Å². The van der Waals surface area contributed by atoms with Gasteiger partial charge in [0.25, 0.3) is 0 Å². The normalized spacial score (nSPS) is 20.4. The van der Waals surface area contributed by atoms with Crippen LogP contribution in [0.3, 0.4) is 0 Å². The van der Waals surface area contributed by atoms with Gasteiger partial charge in [-0.2, -0.15) is 0 Å². The van der Waals surface area contributed by atoms with Crippen LogP contribution in [0.5, 0.6) is 0 Å². The summed E-state index contributed by atoms with van der Waals surface area (Å²) < 4.78 is 1.82. The summed E-state index contributed by atoms with van der Waals surface area (Å²) in [6.45, 7) is 0. The van der Waals surface area contributed by atoms with E-state index >= 15 is 0 Å². The third kappa shape index (κ3) is 3.08. The van der Waals surface area contributed by atoms with Gasteiger partial charge in [0.1, 0.15) is 0 Å². The zero-order chi connectivity index (χ0) is 18.3. The molecule has 2 aromatic carbocycles. The number of nitrogens with zero attached hydrogens (tertiary/aromatic N) is 1. The second kappa shape index (κ2) is 7.12. The SMILES string of the molecule is O=C1CCCC2=C1C(c1cccc(Br)c1)CC(=O)N2c1ccccc1Br. The number of para-hydroxylation sites is 1. The first-order valence-corrected chi connectivity index (χ1v) is 10.2. The Bertz CT molecular complexity index is 935. The van der Waals surface area contributed by atoms with Gasteiger partial charge in [0, 0.05) is 39.0 Å². The van der Waals surface area contributed by atoms with Gasteiger partial charge in [-0.15, -0.1) is 0 Å². The van der Waals surface area contributed by atoms with Gasteiger partial charge >= 0.3 is 0 Å². The van der Waals surface area contributed by atoms with Crippen molar-refractivity contribution in [2.45, 2.75) is 31.6 Å². The molecule has 1 heterocycles. The van der Waals surface area contributed by atoms with Crippen molar-refractivity contribution < 1.29 is 9.59 Å². The van der Waals surface area contributed by atoms with Crippen LogP contribution in [0.15, 0.2) is 68.7 Å². The van der Waals surface area contributed by atoms with Crippen LogP contribution in [0.4, 0.5) is 5.69 Å². The van der Waals surface area contributed by atoms with Crippen molar-refractivity contribution >= 4 is 49.2 Å². The Morgan fingerprint density at radius 2 is 1.77 bits per heavy atom. The largest absolute Gasteiger partial charge is 0.294 e. The number of hydrogen-bond acceptors (Lipinski definition) is 2. The van der Waals surface area contributed by atoms with Gasteiger partial charge in [0.2, 0.25) is 5.91 Å². The Morgan fingerprint density at radius 3 is 2.54 bits per heavy atom. The lowest BCUT2D eigenvalue weighted by Crippen LogP contribution is -2.40. The number of carbonyl (C=O) groups excluding carboxylic acids is 2. The first-order valence-electron chi connectivity index (χ1n) is 8.65. The molecule has 0 saturated carbocycles. The van der Waals surface area contributed by atoms with E-state index in [4.69, 9.17) is 0 Å². The second-order valence-corrected chi connectivity index (χ2v) is 8.40. The molecule has 0 saturated heterocycles. The number of anilines is 1. The molecule has 5 heteroatoms. The van der Waals surface area contributed by atoms with Crippen molar-refractivity contribution in [1.82, 2.24) is 0 Å². The Morgan fingerprint density at radius 1 is 0.962 bits per heavy atom. The van der Waals surface area contributed by atoms with Crippen LogP contribution >= 0.6 is 31.9 Å². The highest BCUT2D eigenvalue weighted by molar-refractivity contribution is 9.10. The summed E-state index contributed by atoms with van der Waals surface area (Å²) in [6.07, 6.45) is 2.40. The van der Waals surface area contributed by atoms with Crippen molar-refractivity contribution in [3.8, 4) is 0 Å². The topological polar surface area (TPSA) is 37.4 Å².